The highest BCUT2D eigenvalue weighted by molar-refractivity contribution is 6.10. The van der Waals surface area contributed by atoms with Crippen LogP contribution in [0.25, 0.3) is 21.8 Å². The van der Waals surface area contributed by atoms with Gasteiger partial charge in [0.1, 0.15) is 5.69 Å². The van der Waals surface area contributed by atoms with Crippen LogP contribution in [-0.4, -0.2) is 28.5 Å². The van der Waals surface area contributed by atoms with E-state index in [0.29, 0.717) is 12.2 Å². The SMILES string of the molecule is Cc1nc(C(=O)NCCCCCCN)cc2c3ccccc3n(Cc3ccccc3)c12. The van der Waals surface area contributed by atoms with Gasteiger partial charge in [-0.1, -0.05) is 61.4 Å². The van der Waals surface area contributed by atoms with Crippen molar-refractivity contribution in [1.82, 2.24) is 14.9 Å². The summed E-state index contributed by atoms with van der Waals surface area (Å²) in [5.41, 5.74) is 10.4. The predicted octanol–water partition coefficient (Wildman–Crippen LogP) is 4.80. The third kappa shape index (κ3) is 4.62. The van der Waals surface area contributed by atoms with Crippen LogP contribution in [0.4, 0.5) is 0 Å². The zero-order valence-corrected chi connectivity index (χ0v) is 18.1. The zero-order valence-electron chi connectivity index (χ0n) is 18.1. The molecule has 0 unspecified atom stereocenters. The Labute approximate surface area is 183 Å². The number of hydrogen-bond acceptors (Lipinski definition) is 3. The standard InChI is InChI=1S/C26H30N4O/c1-19-25-22(17-23(29-19)26(31)28-16-10-3-2-9-15-27)21-13-7-8-14-24(21)30(25)18-20-11-5-4-6-12-20/h4-8,11-14,17H,2-3,9-10,15-16,18,27H2,1H3,(H,28,31). The number of nitrogens with two attached hydrogens (primary N) is 1. The van der Waals surface area contributed by atoms with E-state index in [0.717, 1.165) is 66.3 Å². The Morgan fingerprint density at radius 3 is 2.52 bits per heavy atom. The average Bonchev–Trinajstić information content (AvgIpc) is 3.11. The maximum Gasteiger partial charge on any atom is 0.269 e. The monoisotopic (exact) mass is 414 g/mol. The molecule has 4 aromatic rings. The summed E-state index contributed by atoms with van der Waals surface area (Å²) in [5.74, 6) is -0.108. The topological polar surface area (TPSA) is 72.9 Å². The van der Waals surface area contributed by atoms with Crippen molar-refractivity contribution in [2.75, 3.05) is 13.1 Å². The van der Waals surface area contributed by atoms with Crippen molar-refractivity contribution in [1.29, 1.82) is 0 Å². The third-order valence-electron chi connectivity index (χ3n) is 5.75. The highest BCUT2D eigenvalue weighted by Crippen LogP contribution is 2.31. The van der Waals surface area contributed by atoms with Gasteiger partial charge in [-0.15, -0.1) is 0 Å². The summed E-state index contributed by atoms with van der Waals surface area (Å²) in [4.78, 5) is 17.4. The van der Waals surface area contributed by atoms with Gasteiger partial charge in [-0.25, -0.2) is 4.98 Å². The molecule has 0 aliphatic heterocycles. The summed E-state index contributed by atoms with van der Waals surface area (Å²) in [5, 5.41) is 5.25. The van der Waals surface area contributed by atoms with Gasteiger partial charge in [0.2, 0.25) is 0 Å². The van der Waals surface area contributed by atoms with E-state index in [1.165, 1.54) is 5.56 Å². The first kappa shape index (κ1) is 21.1. The Morgan fingerprint density at radius 2 is 1.71 bits per heavy atom. The second kappa shape index (κ2) is 9.75. The number of nitrogens with one attached hydrogen (secondary N) is 1. The number of benzene rings is 2. The van der Waals surface area contributed by atoms with Crippen LogP contribution in [0.5, 0.6) is 0 Å². The molecule has 3 N–H and O–H groups in total. The normalized spacial score (nSPS) is 11.3. The first-order valence-corrected chi connectivity index (χ1v) is 11.1. The minimum Gasteiger partial charge on any atom is -0.351 e. The molecule has 2 aromatic carbocycles. The van der Waals surface area contributed by atoms with Crippen molar-refractivity contribution < 1.29 is 4.79 Å². The Hall–Kier alpha value is -3.18. The first-order chi connectivity index (χ1) is 15.2. The van der Waals surface area contributed by atoms with Crippen molar-refractivity contribution in [3.63, 3.8) is 0 Å². The number of nitrogens with zero attached hydrogens (tertiary/aromatic N) is 2. The Bertz CT molecular complexity index is 1180. The molecule has 0 fully saturated rings. The summed E-state index contributed by atoms with van der Waals surface area (Å²) in [7, 11) is 0. The molecule has 5 heteroatoms. The van der Waals surface area contributed by atoms with Gasteiger partial charge in [0.15, 0.2) is 0 Å². The second-order valence-corrected chi connectivity index (χ2v) is 8.04. The van der Waals surface area contributed by atoms with Crippen molar-refractivity contribution in [3.05, 3.63) is 77.6 Å². The number of aryl methyl sites for hydroxylation is 1. The van der Waals surface area contributed by atoms with E-state index in [9.17, 15) is 4.79 Å². The van der Waals surface area contributed by atoms with Crippen LogP contribution in [0.15, 0.2) is 60.7 Å². The summed E-state index contributed by atoms with van der Waals surface area (Å²) >= 11 is 0. The van der Waals surface area contributed by atoms with E-state index < -0.39 is 0 Å². The molecule has 4 rings (SSSR count). The van der Waals surface area contributed by atoms with E-state index >= 15 is 0 Å². The van der Waals surface area contributed by atoms with Crippen LogP contribution in [0.2, 0.25) is 0 Å². The van der Waals surface area contributed by atoms with Crippen LogP contribution in [0.3, 0.4) is 0 Å². The number of pyridine rings is 1. The fraction of sp³-hybridized carbons (Fsp3) is 0.308. The minimum atomic E-state index is -0.108. The molecule has 0 bridgehead atoms. The molecule has 0 aliphatic rings. The lowest BCUT2D eigenvalue weighted by atomic mass is 10.1. The van der Waals surface area contributed by atoms with E-state index in [1.54, 1.807) is 0 Å². The molecule has 0 atom stereocenters. The average molecular weight is 415 g/mol. The molecule has 0 spiro atoms. The zero-order chi connectivity index (χ0) is 21.6. The summed E-state index contributed by atoms with van der Waals surface area (Å²) in [6, 6.07) is 20.7. The van der Waals surface area contributed by atoms with E-state index in [4.69, 9.17) is 5.73 Å². The summed E-state index contributed by atoms with van der Waals surface area (Å²) in [6.07, 6.45) is 4.19. The molecule has 0 aliphatic carbocycles. The maximum atomic E-state index is 12.8. The molecule has 31 heavy (non-hydrogen) atoms. The van der Waals surface area contributed by atoms with Crippen molar-refractivity contribution >= 4 is 27.7 Å². The van der Waals surface area contributed by atoms with Crippen LogP contribution >= 0.6 is 0 Å². The summed E-state index contributed by atoms with van der Waals surface area (Å²) in [6.45, 7) is 4.15. The molecule has 2 heterocycles. The van der Waals surface area contributed by atoms with Crippen LogP contribution in [-0.2, 0) is 6.54 Å². The van der Waals surface area contributed by atoms with Crippen molar-refractivity contribution in [2.45, 2.75) is 39.2 Å². The van der Waals surface area contributed by atoms with Gasteiger partial charge in [-0.05, 0) is 44.0 Å². The quantitative estimate of drug-likeness (QED) is 0.387. The molecule has 5 nitrogen and oxygen atoms in total. The van der Waals surface area contributed by atoms with Crippen molar-refractivity contribution in [3.8, 4) is 0 Å². The lowest BCUT2D eigenvalue weighted by molar-refractivity contribution is 0.0948. The Kier molecular flexibility index (Phi) is 6.63. The molecule has 0 saturated carbocycles. The van der Waals surface area contributed by atoms with Gasteiger partial charge in [0, 0.05) is 29.4 Å². The number of amides is 1. The highest BCUT2D eigenvalue weighted by Gasteiger charge is 2.17. The smallest absolute Gasteiger partial charge is 0.269 e. The largest absolute Gasteiger partial charge is 0.351 e. The Balaban J connectivity index is 1.64. The minimum absolute atomic E-state index is 0.108. The third-order valence-corrected chi connectivity index (χ3v) is 5.75. The molecular formula is C26H30N4O. The molecule has 2 aromatic heterocycles. The number of carbonyl (C=O) groups excluding carboxylic acids is 1. The fourth-order valence-corrected chi connectivity index (χ4v) is 4.23. The first-order valence-electron chi connectivity index (χ1n) is 11.1. The van der Waals surface area contributed by atoms with E-state index in [-0.39, 0.29) is 5.91 Å². The lowest BCUT2D eigenvalue weighted by Crippen LogP contribution is -2.25. The lowest BCUT2D eigenvalue weighted by Gasteiger charge is -2.10. The number of hydrogen-bond donors (Lipinski definition) is 2. The van der Waals surface area contributed by atoms with E-state index in [1.807, 2.05) is 25.1 Å². The molecule has 0 saturated heterocycles. The number of para-hydroxylation sites is 1. The van der Waals surface area contributed by atoms with Gasteiger partial charge in [-0.2, -0.15) is 0 Å². The number of rotatable bonds is 9. The van der Waals surface area contributed by atoms with Crippen LogP contribution in [0.1, 0.15) is 47.4 Å². The molecule has 1 amide bonds. The van der Waals surface area contributed by atoms with Gasteiger partial charge >= 0.3 is 0 Å². The number of carbonyl (C=O) groups is 1. The van der Waals surface area contributed by atoms with Crippen molar-refractivity contribution in [2.24, 2.45) is 5.73 Å². The van der Waals surface area contributed by atoms with Gasteiger partial charge in [0.25, 0.3) is 5.91 Å². The van der Waals surface area contributed by atoms with Crippen LogP contribution < -0.4 is 11.1 Å². The van der Waals surface area contributed by atoms with Gasteiger partial charge in [0.05, 0.1) is 11.2 Å². The van der Waals surface area contributed by atoms with E-state index in [2.05, 4.69) is 57.3 Å². The Morgan fingerprint density at radius 1 is 0.968 bits per heavy atom. The van der Waals surface area contributed by atoms with Gasteiger partial charge < -0.3 is 15.6 Å². The molecule has 0 radical (unpaired) electrons. The van der Waals surface area contributed by atoms with Crippen LogP contribution in [0, 0.1) is 6.92 Å². The maximum absolute atomic E-state index is 12.8. The molecular weight excluding hydrogens is 384 g/mol. The fourth-order valence-electron chi connectivity index (χ4n) is 4.23. The number of fused-ring (bicyclic) bond motifs is 3. The number of aromatic nitrogens is 2. The second-order valence-electron chi connectivity index (χ2n) is 8.04. The van der Waals surface area contributed by atoms with Gasteiger partial charge in [-0.3, -0.25) is 4.79 Å². The predicted molar refractivity (Wildman–Crippen MR) is 127 cm³/mol. The molecule has 160 valence electrons. The number of unbranched alkanes of at least 4 members (excludes halogenated alkanes) is 3. The summed E-state index contributed by atoms with van der Waals surface area (Å²) < 4.78 is 2.31. The highest BCUT2D eigenvalue weighted by atomic mass is 16.1.